The van der Waals surface area contributed by atoms with Crippen LogP contribution in [-0.4, -0.2) is 26.0 Å². The summed E-state index contributed by atoms with van der Waals surface area (Å²) in [7, 11) is 0. The van der Waals surface area contributed by atoms with E-state index in [4.69, 9.17) is 0 Å². The molecule has 0 aliphatic carbocycles. The van der Waals surface area contributed by atoms with Crippen molar-refractivity contribution in [3.8, 4) is 5.82 Å². The summed E-state index contributed by atoms with van der Waals surface area (Å²) in [6, 6.07) is 11.8. The quantitative estimate of drug-likeness (QED) is 0.432. The van der Waals surface area contributed by atoms with Gasteiger partial charge >= 0.3 is 0 Å². The fourth-order valence-electron chi connectivity index (χ4n) is 2.00. The molecule has 0 fully saturated rings. The van der Waals surface area contributed by atoms with Gasteiger partial charge in [-0.2, -0.15) is 5.10 Å². The third kappa shape index (κ3) is 3.88. The van der Waals surface area contributed by atoms with Crippen molar-refractivity contribution in [2.24, 2.45) is 5.10 Å². The highest BCUT2D eigenvalue weighted by molar-refractivity contribution is 5.80. The number of benzene rings is 1. The molecule has 0 unspecified atom stereocenters. The molecule has 2 heterocycles. The fraction of sp³-hybridized carbons (Fsp3) is 0.0588. The normalized spacial score (nSPS) is 10.8. The van der Waals surface area contributed by atoms with Crippen LogP contribution in [0.2, 0.25) is 0 Å². The summed E-state index contributed by atoms with van der Waals surface area (Å²) in [5.74, 6) is 1.28. The SMILES string of the molecule is C=CCc1ccc(/C=N\Nc2ccc(-n3ccnc3)nn2)cc1. The molecule has 0 saturated carbocycles. The lowest BCUT2D eigenvalue weighted by atomic mass is 10.1. The van der Waals surface area contributed by atoms with Crippen molar-refractivity contribution in [1.29, 1.82) is 0 Å². The number of hydrogen-bond donors (Lipinski definition) is 1. The molecule has 3 aromatic rings. The van der Waals surface area contributed by atoms with Crippen LogP contribution in [0.4, 0.5) is 5.82 Å². The standard InChI is InChI=1S/C17H16N6/c1-2-3-14-4-6-15(7-5-14)12-19-20-16-8-9-17(22-21-16)23-11-10-18-13-23/h2,4-13H,1,3H2,(H,20,21)/b19-12-. The smallest absolute Gasteiger partial charge is 0.168 e. The van der Waals surface area contributed by atoms with E-state index in [9.17, 15) is 0 Å². The summed E-state index contributed by atoms with van der Waals surface area (Å²) in [4.78, 5) is 3.97. The average molecular weight is 304 g/mol. The molecule has 1 aromatic carbocycles. The first-order valence-electron chi connectivity index (χ1n) is 7.16. The van der Waals surface area contributed by atoms with E-state index in [1.807, 2.05) is 36.5 Å². The van der Waals surface area contributed by atoms with Gasteiger partial charge in [-0.15, -0.1) is 16.8 Å². The van der Waals surface area contributed by atoms with Crippen LogP contribution in [0.15, 0.2) is 72.9 Å². The first kappa shape index (κ1) is 14.6. The molecule has 0 atom stereocenters. The van der Waals surface area contributed by atoms with Gasteiger partial charge in [-0.25, -0.2) is 4.98 Å². The summed E-state index contributed by atoms with van der Waals surface area (Å²) in [6.45, 7) is 3.73. The van der Waals surface area contributed by atoms with E-state index >= 15 is 0 Å². The van der Waals surface area contributed by atoms with Gasteiger partial charge in [0.05, 0.1) is 6.21 Å². The minimum atomic E-state index is 0.577. The first-order valence-corrected chi connectivity index (χ1v) is 7.16. The number of nitrogens with one attached hydrogen (secondary N) is 1. The lowest BCUT2D eigenvalue weighted by Crippen LogP contribution is -2.00. The Bertz CT molecular complexity index is 773. The summed E-state index contributed by atoms with van der Waals surface area (Å²) >= 11 is 0. The molecule has 0 aliphatic heterocycles. The zero-order valence-corrected chi connectivity index (χ0v) is 12.5. The van der Waals surface area contributed by atoms with E-state index < -0.39 is 0 Å². The Morgan fingerprint density at radius 2 is 2.00 bits per heavy atom. The lowest BCUT2D eigenvalue weighted by molar-refractivity contribution is 0.911. The number of aromatic nitrogens is 4. The van der Waals surface area contributed by atoms with E-state index in [1.54, 1.807) is 23.3 Å². The minimum absolute atomic E-state index is 0.577. The second-order valence-electron chi connectivity index (χ2n) is 4.85. The summed E-state index contributed by atoms with van der Waals surface area (Å²) < 4.78 is 1.78. The molecule has 3 rings (SSSR count). The summed E-state index contributed by atoms with van der Waals surface area (Å²) in [6.07, 6.45) is 9.67. The Labute approximate surface area is 134 Å². The van der Waals surface area contributed by atoms with Gasteiger partial charge in [0.1, 0.15) is 6.33 Å². The molecule has 0 radical (unpaired) electrons. The molecule has 0 bridgehead atoms. The van der Waals surface area contributed by atoms with Crippen molar-refractivity contribution in [3.05, 3.63) is 78.9 Å². The van der Waals surface area contributed by atoms with Crippen molar-refractivity contribution in [1.82, 2.24) is 19.7 Å². The molecule has 1 N–H and O–H groups in total. The second kappa shape index (κ2) is 7.13. The van der Waals surface area contributed by atoms with Gasteiger partial charge < -0.3 is 0 Å². The second-order valence-corrected chi connectivity index (χ2v) is 4.85. The van der Waals surface area contributed by atoms with E-state index in [0.717, 1.165) is 12.0 Å². The van der Waals surface area contributed by atoms with Crippen molar-refractivity contribution in [2.75, 3.05) is 5.43 Å². The monoisotopic (exact) mass is 304 g/mol. The average Bonchev–Trinajstić information content (AvgIpc) is 3.12. The van der Waals surface area contributed by atoms with E-state index in [1.165, 1.54) is 5.56 Å². The molecule has 114 valence electrons. The Morgan fingerprint density at radius 1 is 1.13 bits per heavy atom. The van der Waals surface area contributed by atoms with Crippen molar-refractivity contribution in [3.63, 3.8) is 0 Å². The van der Waals surface area contributed by atoms with Crippen LogP contribution in [0.25, 0.3) is 5.82 Å². The molecular formula is C17H16N6. The predicted molar refractivity (Wildman–Crippen MR) is 90.7 cm³/mol. The molecule has 6 nitrogen and oxygen atoms in total. The molecule has 0 amide bonds. The van der Waals surface area contributed by atoms with Crippen LogP contribution in [-0.2, 0) is 6.42 Å². The van der Waals surface area contributed by atoms with Gasteiger partial charge in [-0.05, 0) is 29.7 Å². The van der Waals surface area contributed by atoms with E-state index in [2.05, 4.69) is 44.4 Å². The van der Waals surface area contributed by atoms with Crippen molar-refractivity contribution < 1.29 is 0 Å². The molecule has 2 aromatic heterocycles. The van der Waals surface area contributed by atoms with Crippen LogP contribution >= 0.6 is 0 Å². The lowest BCUT2D eigenvalue weighted by Gasteiger charge is -2.02. The van der Waals surface area contributed by atoms with Crippen LogP contribution in [0, 0.1) is 0 Å². The van der Waals surface area contributed by atoms with Crippen LogP contribution in [0.3, 0.4) is 0 Å². The third-order valence-corrected chi connectivity index (χ3v) is 3.17. The van der Waals surface area contributed by atoms with Gasteiger partial charge in [-0.1, -0.05) is 30.3 Å². The maximum absolute atomic E-state index is 4.16. The topological polar surface area (TPSA) is 68.0 Å². The minimum Gasteiger partial charge on any atom is -0.289 e. The van der Waals surface area contributed by atoms with E-state index in [-0.39, 0.29) is 0 Å². The highest BCUT2D eigenvalue weighted by Gasteiger charge is 1.98. The largest absolute Gasteiger partial charge is 0.289 e. The molecule has 6 heteroatoms. The number of allylic oxidation sites excluding steroid dienone is 1. The van der Waals surface area contributed by atoms with Crippen LogP contribution < -0.4 is 5.43 Å². The highest BCUT2D eigenvalue weighted by Crippen LogP contribution is 2.07. The number of rotatable bonds is 6. The van der Waals surface area contributed by atoms with Crippen LogP contribution in [0.5, 0.6) is 0 Å². The van der Waals surface area contributed by atoms with Gasteiger partial charge in [0.15, 0.2) is 11.6 Å². The summed E-state index contributed by atoms with van der Waals surface area (Å²) in [5, 5.41) is 12.3. The maximum atomic E-state index is 4.16. The third-order valence-electron chi connectivity index (χ3n) is 3.17. The van der Waals surface area contributed by atoms with Gasteiger partial charge in [0.2, 0.25) is 0 Å². The molecule has 0 aliphatic rings. The first-order chi connectivity index (χ1) is 11.3. The molecule has 0 saturated heterocycles. The molecule has 23 heavy (non-hydrogen) atoms. The zero-order valence-electron chi connectivity index (χ0n) is 12.5. The van der Waals surface area contributed by atoms with Gasteiger partial charge in [0, 0.05) is 12.4 Å². The number of hydrazone groups is 1. The van der Waals surface area contributed by atoms with Gasteiger partial charge in [-0.3, -0.25) is 9.99 Å². The van der Waals surface area contributed by atoms with Crippen molar-refractivity contribution >= 4 is 12.0 Å². The van der Waals surface area contributed by atoms with E-state index in [0.29, 0.717) is 11.6 Å². The molecule has 0 spiro atoms. The van der Waals surface area contributed by atoms with Gasteiger partial charge in [0.25, 0.3) is 0 Å². The fourth-order valence-corrected chi connectivity index (χ4v) is 2.00. The van der Waals surface area contributed by atoms with Crippen molar-refractivity contribution in [2.45, 2.75) is 6.42 Å². The number of anilines is 1. The number of nitrogens with zero attached hydrogens (tertiary/aromatic N) is 5. The predicted octanol–water partition coefficient (Wildman–Crippen LogP) is 2.84. The highest BCUT2D eigenvalue weighted by atomic mass is 15.3. The Hall–Kier alpha value is -3.28. The molecular weight excluding hydrogens is 288 g/mol. The zero-order chi connectivity index (χ0) is 15.9. The Balaban J connectivity index is 1.60. The van der Waals surface area contributed by atoms with Crippen LogP contribution in [0.1, 0.15) is 11.1 Å². The summed E-state index contributed by atoms with van der Waals surface area (Å²) in [5.41, 5.74) is 5.10. The Morgan fingerprint density at radius 3 is 2.65 bits per heavy atom. The number of hydrogen-bond acceptors (Lipinski definition) is 5. The Kier molecular flexibility index (Phi) is 4.54. The maximum Gasteiger partial charge on any atom is 0.168 e. The number of imidazole rings is 1.